The lowest BCUT2D eigenvalue weighted by atomic mass is 9.94. The van der Waals surface area contributed by atoms with E-state index in [9.17, 15) is 14.7 Å². The summed E-state index contributed by atoms with van der Waals surface area (Å²) in [6, 6.07) is 0. The monoisotopic (exact) mass is 403 g/mol. The number of amides is 1. The third-order valence-corrected chi connectivity index (χ3v) is 5.66. The first kappa shape index (κ1) is 21.2. The van der Waals surface area contributed by atoms with Crippen molar-refractivity contribution in [2.24, 2.45) is 5.92 Å². The molecular weight excluding hydrogens is 374 g/mol. The van der Waals surface area contributed by atoms with Crippen LogP contribution in [0.1, 0.15) is 53.2 Å². The molecule has 0 bridgehead atoms. The van der Waals surface area contributed by atoms with Gasteiger partial charge in [0.2, 0.25) is 5.91 Å². The van der Waals surface area contributed by atoms with E-state index < -0.39 is 5.97 Å². The van der Waals surface area contributed by atoms with Crippen molar-refractivity contribution in [2.45, 2.75) is 46.1 Å². The van der Waals surface area contributed by atoms with Crippen molar-refractivity contribution < 1.29 is 28.9 Å². The van der Waals surface area contributed by atoms with E-state index in [1.54, 1.807) is 7.11 Å². The number of benzene rings is 1. The van der Waals surface area contributed by atoms with E-state index in [-0.39, 0.29) is 23.8 Å². The maximum absolute atomic E-state index is 12.1. The molecule has 1 aromatic carbocycles. The van der Waals surface area contributed by atoms with Crippen LogP contribution in [0.25, 0.3) is 0 Å². The lowest BCUT2D eigenvalue weighted by Gasteiger charge is -2.15. The molecule has 1 aromatic rings. The predicted molar refractivity (Wildman–Crippen MR) is 107 cm³/mol. The molecule has 1 fully saturated rings. The number of carbonyl (C=O) groups excluding carboxylic acids is 2. The van der Waals surface area contributed by atoms with Crippen LogP contribution in [0.3, 0.4) is 0 Å². The van der Waals surface area contributed by atoms with E-state index in [2.05, 4.69) is 5.32 Å². The molecule has 2 heterocycles. The largest absolute Gasteiger partial charge is 0.507 e. The van der Waals surface area contributed by atoms with Crippen molar-refractivity contribution in [1.82, 2.24) is 5.32 Å². The van der Waals surface area contributed by atoms with E-state index in [0.717, 1.165) is 30.8 Å². The Balaban J connectivity index is 1.61. The number of ether oxygens (including phenoxy) is 3. The Morgan fingerprint density at radius 3 is 2.86 bits per heavy atom. The standard InChI is InChI=1S/C22H29NO6/c1-13(5-7-18(24)23-10-15-8-9-28-11-15)4-6-16-20(25)19-17(12-29-22(19)26)14(2)21(16)27-3/h4,15,25H,5-12H2,1-3H3,(H,23,24). The topological polar surface area (TPSA) is 94.1 Å². The van der Waals surface area contributed by atoms with Crippen LogP contribution in [0.2, 0.25) is 0 Å². The van der Waals surface area contributed by atoms with Gasteiger partial charge < -0.3 is 24.6 Å². The molecule has 1 atom stereocenters. The fourth-order valence-corrected chi connectivity index (χ4v) is 3.81. The van der Waals surface area contributed by atoms with Crippen LogP contribution in [0.4, 0.5) is 0 Å². The number of phenolic OH excluding ortho intramolecular Hbond substituents is 1. The molecule has 7 nitrogen and oxygen atoms in total. The van der Waals surface area contributed by atoms with Gasteiger partial charge in [-0.05, 0) is 38.7 Å². The highest BCUT2D eigenvalue weighted by atomic mass is 16.5. The number of nitrogens with one attached hydrogen (secondary N) is 1. The van der Waals surface area contributed by atoms with Crippen LogP contribution in [-0.4, -0.2) is 43.9 Å². The van der Waals surface area contributed by atoms with Crippen molar-refractivity contribution in [3.8, 4) is 11.5 Å². The summed E-state index contributed by atoms with van der Waals surface area (Å²) in [5, 5.41) is 13.6. The first-order valence-corrected chi connectivity index (χ1v) is 10.0. The molecule has 7 heteroatoms. The summed E-state index contributed by atoms with van der Waals surface area (Å²) in [4.78, 5) is 24.0. The second-order valence-electron chi connectivity index (χ2n) is 7.70. The van der Waals surface area contributed by atoms with E-state index in [4.69, 9.17) is 14.2 Å². The van der Waals surface area contributed by atoms with Gasteiger partial charge in [0.15, 0.2) is 0 Å². The summed E-state index contributed by atoms with van der Waals surface area (Å²) in [5.74, 6) is 0.433. The van der Waals surface area contributed by atoms with Gasteiger partial charge in [0, 0.05) is 36.6 Å². The zero-order chi connectivity index (χ0) is 21.0. The lowest BCUT2D eigenvalue weighted by molar-refractivity contribution is -0.121. The molecule has 29 heavy (non-hydrogen) atoms. The fraction of sp³-hybridized carbons (Fsp3) is 0.545. The van der Waals surface area contributed by atoms with Crippen LogP contribution in [-0.2, 0) is 27.3 Å². The summed E-state index contributed by atoms with van der Waals surface area (Å²) in [6.07, 6.45) is 4.40. The number of esters is 1. The molecule has 2 N–H and O–H groups in total. The number of carbonyl (C=O) groups is 2. The van der Waals surface area contributed by atoms with Gasteiger partial charge in [-0.15, -0.1) is 0 Å². The molecule has 0 aliphatic carbocycles. The van der Waals surface area contributed by atoms with Crippen molar-refractivity contribution in [3.63, 3.8) is 0 Å². The van der Waals surface area contributed by atoms with E-state index in [1.165, 1.54) is 0 Å². The number of fused-ring (bicyclic) bond motifs is 1. The number of hydrogen-bond acceptors (Lipinski definition) is 6. The second kappa shape index (κ2) is 9.31. The summed E-state index contributed by atoms with van der Waals surface area (Å²) in [6.45, 7) is 6.13. The molecule has 0 saturated carbocycles. The number of allylic oxidation sites excluding steroid dienone is 2. The highest BCUT2D eigenvalue weighted by Gasteiger charge is 2.31. The summed E-state index contributed by atoms with van der Waals surface area (Å²) in [5.41, 5.74) is 3.32. The van der Waals surface area contributed by atoms with Gasteiger partial charge in [-0.1, -0.05) is 11.6 Å². The Morgan fingerprint density at radius 1 is 1.38 bits per heavy atom. The Kier molecular flexibility index (Phi) is 6.79. The highest BCUT2D eigenvalue weighted by molar-refractivity contribution is 5.98. The van der Waals surface area contributed by atoms with Crippen molar-refractivity contribution in [2.75, 3.05) is 26.9 Å². The van der Waals surface area contributed by atoms with Gasteiger partial charge in [-0.3, -0.25) is 4.79 Å². The smallest absolute Gasteiger partial charge is 0.342 e. The molecule has 2 aliphatic rings. The first-order valence-electron chi connectivity index (χ1n) is 10.0. The number of rotatable bonds is 8. The SMILES string of the molecule is COc1c(C)c2c(c(O)c1CC=C(C)CCC(=O)NCC1CCOC1)C(=O)OC2. The van der Waals surface area contributed by atoms with E-state index in [0.29, 0.717) is 48.6 Å². The lowest BCUT2D eigenvalue weighted by Crippen LogP contribution is -2.29. The molecule has 3 rings (SSSR count). The minimum atomic E-state index is -0.505. The van der Waals surface area contributed by atoms with Gasteiger partial charge in [0.1, 0.15) is 23.7 Å². The average molecular weight is 403 g/mol. The molecule has 1 unspecified atom stereocenters. The van der Waals surface area contributed by atoms with Gasteiger partial charge in [-0.25, -0.2) is 4.79 Å². The molecule has 2 aliphatic heterocycles. The van der Waals surface area contributed by atoms with Crippen LogP contribution < -0.4 is 10.1 Å². The van der Waals surface area contributed by atoms with Crippen molar-refractivity contribution >= 4 is 11.9 Å². The summed E-state index contributed by atoms with van der Waals surface area (Å²) < 4.78 is 15.9. The molecule has 1 saturated heterocycles. The van der Waals surface area contributed by atoms with E-state index in [1.807, 2.05) is 19.9 Å². The number of methoxy groups -OCH3 is 1. The second-order valence-corrected chi connectivity index (χ2v) is 7.70. The molecule has 158 valence electrons. The zero-order valence-corrected chi connectivity index (χ0v) is 17.3. The van der Waals surface area contributed by atoms with Gasteiger partial charge >= 0.3 is 5.97 Å². The van der Waals surface area contributed by atoms with Crippen LogP contribution in [0, 0.1) is 12.8 Å². The molecule has 0 radical (unpaired) electrons. The summed E-state index contributed by atoms with van der Waals surface area (Å²) in [7, 11) is 1.55. The number of cyclic esters (lactones) is 1. The van der Waals surface area contributed by atoms with Crippen LogP contribution >= 0.6 is 0 Å². The quantitative estimate of drug-likeness (QED) is 0.512. The molecule has 1 amide bonds. The average Bonchev–Trinajstić information content (AvgIpc) is 3.36. The Bertz CT molecular complexity index is 823. The molecular formula is C22H29NO6. The van der Waals surface area contributed by atoms with E-state index >= 15 is 0 Å². The molecule has 0 aromatic heterocycles. The third kappa shape index (κ3) is 4.72. The van der Waals surface area contributed by atoms with Gasteiger partial charge in [-0.2, -0.15) is 0 Å². The number of phenols is 1. The highest BCUT2D eigenvalue weighted by Crippen LogP contribution is 2.42. The normalized spacial score (nSPS) is 18.5. The zero-order valence-electron chi connectivity index (χ0n) is 17.3. The Morgan fingerprint density at radius 2 is 2.17 bits per heavy atom. The minimum absolute atomic E-state index is 0.0289. The fourth-order valence-electron chi connectivity index (χ4n) is 3.81. The Hall–Kier alpha value is -2.54. The number of aromatic hydroxyl groups is 1. The Labute approximate surface area is 171 Å². The first-order chi connectivity index (χ1) is 13.9. The minimum Gasteiger partial charge on any atom is -0.507 e. The molecule has 0 spiro atoms. The van der Waals surface area contributed by atoms with Gasteiger partial charge in [0.25, 0.3) is 0 Å². The van der Waals surface area contributed by atoms with Crippen LogP contribution in [0.5, 0.6) is 11.5 Å². The predicted octanol–water partition coefficient (Wildman–Crippen LogP) is 2.80. The third-order valence-electron chi connectivity index (χ3n) is 5.66. The van der Waals surface area contributed by atoms with Crippen molar-refractivity contribution in [3.05, 3.63) is 33.9 Å². The maximum Gasteiger partial charge on any atom is 0.342 e. The van der Waals surface area contributed by atoms with Crippen LogP contribution in [0.15, 0.2) is 11.6 Å². The van der Waals surface area contributed by atoms with Gasteiger partial charge in [0.05, 0.1) is 13.7 Å². The van der Waals surface area contributed by atoms with Crippen molar-refractivity contribution in [1.29, 1.82) is 0 Å². The maximum atomic E-state index is 12.1. The summed E-state index contributed by atoms with van der Waals surface area (Å²) >= 11 is 0. The number of hydrogen-bond donors (Lipinski definition) is 2.